The summed E-state index contributed by atoms with van der Waals surface area (Å²) in [5.74, 6) is -0.193. The Balaban J connectivity index is 2.46. The van der Waals surface area contributed by atoms with E-state index in [1.54, 1.807) is 6.92 Å². The minimum Gasteiger partial charge on any atom is -0.495 e. The highest BCUT2D eigenvalue weighted by molar-refractivity contribution is 7.92. The van der Waals surface area contributed by atoms with E-state index in [4.69, 9.17) is 16.3 Å². The van der Waals surface area contributed by atoms with E-state index in [-0.39, 0.29) is 27.8 Å². The summed E-state index contributed by atoms with van der Waals surface area (Å²) < 4.78 is 71.8. The van der Waals surface area contributed by atoms with Crippen molar-refractivity contribution in [1.29, 1.82) is 0 Å². The second-order valence-electron chi connectivity index (χ2n) is 5.56. The molecule has 0 aromatic heterocycles. The number of alkyl halides is 3. The number of carbonyl (C=O) groups excluding carboxylic acids is 1. The molecule has 2 aromatic rings. The van der Waals surface area contributed by atoms with E-state index in [1.165, 1.54) is 13.2 Å². The zero-order valence-corrected chi connectivity index (χ0v) is 16.3. The molecule has 0 aliphatic carbocycles. The number of nitrogens with one attached hydrogen (secondary N) is 2. The normalized spacial score (nSPS) is 11.8. The van der Waals surface area contributed by atoms with Gasteiger partial charge in [-0.25, -0.2) is 8.42 Å². The number of benzene rings is 2. The van der Waals surface area contributed by atoms with Crippen LogP contribution in [-0.2, 0) is 21.0 Å². The number of sulfonamides is 1. The molecule has 0 spiro atoms. The van der Waals surface area contributed by atoms with E-state index >= 15 is 0 Å². The lowest BCUT2D eigenvalue weighted by Crippen LogP contribution is -2.18. The highest BCUT2D eigenvalue weighted by Gasteiger charge is 2.35. The molecular weight excluding hydrogens is 421 g/mol. The van der Waals surface area contributed by atoms with Crippen molar-refractivity contribution in [1.82, 2.24) is 0 Å². The van der Waals surface area contributed by atoms with Crippen LogP contribution >= 0.6 is 11.6 Å². The molecule has 6 nitrogen and oxygen atoms in total. The van der Waals surface area contributed by atoms with Gasteiger partial charge < -0.3 is 10.1 Å². The van der Waals surface area contributed by atoms with Crippen LogP contribution in [0.4, 0.5) is 24.5 Å². The number of ether oxygens (including phenoxy) is 1. The zero-order chi connectivity index (χ0) is 21.1. The quantitative estimate of drug-likeness (QED) is 0.697. The summed E-state index contributed by atoms with van der Waals surface area (Å²) in [6.45, 7) is 1.60. The number of hydrogen-bond acceptors (Lipinski definition) is 4. The van der Waals surface area contributed by atoms with Gasteiger partial charge in [0.1, 0.15) is 5.75 Å². The van der Waals surface area contributed by atoms with E-state index < -0.39 is 33.4 Å². The fourth-order valence-corrected chi connectivity index (χ4v) is 3.51. The first-order chi connectivity index (χ1) is 13.0. The van der Waals surface area contributed by atoms with Crippen LogP contribution in [-0.4, -0.2) is 21.4 Å². The molecular formula is C17H16ClF3N2O4S. The Kier molecular flexibility index (Phi) is 6.45. The van der Waals surface area contributed by atoms with Gasteiger partial charge in [-0.2, -0.15) is 13.2 Å². The largest absolute Gasteiger partial charge is 0.495 e. The summed E-state index contributed by atoms with van der Waals surface area (Å²) in [5.41, 5.74) is -1.83. The number of amides is 1. The molecule has 2 aromatic carbocycles. The van der Waals surface area contributed by atoms with Gasteiger partial charge in [0.15, 0.2) is 0 Å². The SMILES string of the molecule is CCC(=O)Nc1cc(S(=O)(=O)Nc2ccc(Cl)cc2C(F)(F)F)ccc1OC. The van der Waals surface area contributed by atoms with Gasteiger partial charge >= 0.3 is 6.18 Å². The number of anilines is 2. The van der Waals surface area contributed by atoms with E-state index in [9.17, 15) is 26.4 Å². The van der Waals surface area contributed by atoms with Crippen molar-refractivity contribution < 1.29 is 31.1 Å². The Morgan fingerprint density at radius 1 is 1.14 bits per heavy atom. The van der Waals surface area contributed by atoms with Crippen LogP contribution in [0.5, 0.6) is 5.75 Å². The van der Waals surface area contributed by atoms with E-state index in [0.29, 0.717) is 6.07 Å². The Labute approximate surface area is 164 Å². The molecule has 0 radical (unpaired) electrons. The third-order valence-electron chi connectivity index (χ3n) is 3.61. The standard InChI is InChI=1S/C17H16ClF3N2O4S/c1-3-16(24)22-14-9-11(5-7-15(14)27-2)28(25,26)23-13-6-4-10(18)8-12(13)17(19,20)21/h4-9,23H,3H2,1-2H3,(H,22,24). The second kappa shape index (κ2) is 8.27. The second-order valence-corrected chi connectivity index (χ2v) is 7.68. The first-order valence-corrected chi connectivity index (χ1v) is 9.71. The molecule has 2 N–H and O–H groups in total. The molecule has 0 bridgehead atoms. The van der Waals surface area contributed by atoms with Crippen LogP contribution in [0.25, 0.3) is 0 Å². The van der Waals surface area contributed by atoms with E-state index in [2.05, 4.69) is 5.32 Å². The molecule has 0 fully saturated rings. The Hall–Kier alpha value is -2.46. The molecule has 0 heterocycles. The lowest BCUT2D eigenvalue weighted by molar-refractivity contribution is -0.136. The molecule has 28 heavy (non-hydrogen) atoms. The van der Waals surface area contributed by atoms with Crippen LogP contribution in [0.15, 0.2) is 41.3 Å². The molecule has 1 amide bonds. The number of carbonyl (C=O) groups is 1. The lowest BCUT2D eigenvalue weighted by atomic mass is 10.2. The number of rotatable bonds is 6. The molecule has 0 atom stereocenters. The van der Waals surface area contributed by atoms with Crippen molar-refractivity contribution in [2.24, 2.45) is 0 Å². The fraction of sp³-hybridized carbons (Fsp3) is 0.235. The minimum atomic E-state index is -4.82. The van der Waals surface area contributed by atoms with Gasteiger partial charge in [0.25, 0.3) is 10.0 Å². The van der Waals surface area contributed by atoms with Crippen molar-refractivity contribution in [2.45, 2.75) is 24.4 Å². The zero-order valence-electron chi connectivity index (χ0n) is 14.7. The fourth-order valence-electron chi connectivity index (χ4n) is 2.23. The predicted octanol–water partition coefficient (Wildman–Crippen LogP) is 4.52. The predicted molar refractivity (Wildman–Crippen MR) is 99.2 cm³/mol. The molecule has 0 unspecified atom stereocenters. The van der Waals surface area contributed by atoms with E-state index in [0.717, 1.165) is 24.3 Å². The number of methoxy groups -OCH3 is 1. The topological polar surface area (TPSA) is 84.5 Å². The average Bonchev–Trinajstić information content (AvgIpc) is 2.62. The van der Waals surface area contributed by atoms with Crippen LogP contribution in [0.3, 0.4) is 0 Å². The number of hydrogen-bond donors (Lipinski definition) is 2. The van der Waals surface area contributed by atoms with Crippen molar-refractivity contribution in [3.05, 3.63) is 47.0 Å². The van der Waals surface area contributed by atoms with Gasteiger partial charge in [-0.3, -0.25) is 9.52 Å². The third-order valence-corrected chi connectivity index (χ3v) is 5.21. The Morgan fingerprint density at radius 2 is 1.82 bits per heavy atom. The van der Waals surface area contributed by atoms with Crippen LogP contribution < -0.4 is 14.8 Å². The Morgan fingerprint density at radius 3 is 2.39 bits per heavy atom. The summed E-state index contributed by atoms with van der Waals surface area (Å²) in [6.07, 6.45) is -4.68. The molecule has 0 aliphatic heterocycles. The molecule has 0 saturated heterocycles. The maximum Gasteiger partial charge on any atom is 0.418 e. The maximum absolute atomic E-state index is 13.2. The highest BCUT2D eigenvalue weighted by atomic mass is 35.5. The van der Waals surface area contributed by atoms with Crippen molar-refractivity contribution in [2.75, 3.05) is 17.1 Å². The van der Waals surface area contributed by atoms with E-state index in [1.807, 2.05) is 4.72 Å². The Bertz CT molecular complexity index is 994. The number of halogens is 4. The van der Waals surface area contributed by atoms with Crippen LogP contribution in [0.1, 0.15) is 18.9 Å². The van der Waals surface area contributed by atoms with Crippen LogP contribution in [0.2, 0.25) is 5.02 Å². The molecule has 2 rings (SSSR count). The smallest absolute Gasteiger partial charge is 0.418 e. The summed E-state index contributed by atoms with van der Waals surface area (Å²) in [6, 6.07) is 6.21. The molecule has 11 heteroatoms. The van der Waals surface area contributed by atoms with Crippen molar-refractivity contribution in [3.63, 3.8) is 0 Å². The van der Waals surface area contributed by atoms with Gasteiger partial charge in [-0.15, -0.1) is 0 Å². The summed E-state index contributed by atoms with van der Waals surface area (Å²) >= 11 is 5.60. The van der Waals surface area contributed by atoms with Crippen molar-refractivity contribution in [3.8, 4) is 5.75 Å². The van der Waals surface area contributed by atoms with Gasteiger partial charge in [-0.1, -0.05) is 18.5 Å². The molecule has 0 aliphatic rings. The highest BCUT2D eigenvalue weighted by Crippen LogP contribution is 2.37. The first-order valence-electron chi connectivity index (χ1n) is 7.85. The van der Waals surface area contributed by atoms with Gasteiger partial charge in [0.2, 0.25) is 5.91 Å². The first kappa shape index (κ1) is 21.8. The van der Waals surface area contributed by atoms with Crippen LogP contribution in [0, 0.1) is 0 Å². The lowest BCUT2D eigenvalue weighted by Gasteiger charge is -2.16. The van der Waals surface area contributed by atoms with Crippen molar-refractivity contribution >= 4 is 38.9 Å². The molecule has 152 valence electrons. The summed E-state index contributed by atoms with van der Waals surface area (Å²) in [7, 11) is -3.07. The van der Waals surface area contributed by atoms with Gasteiger partial charge in [-0.05, 0) is 36.4 Å². The monoisotopic (exact) mass is 436 g/mol. The average molecular weight is 437 g/mol. The summed E-state index contributed by atoms with van der Waals surface area (Å²) in [5, 5.41) is 2.29. The summed E-state index contributed by atoms with van der Waals surface area (Å²) in [4.78, 5) is 11.3. The minimum absolute atomic E-state index is 0.0735. The van der Waals surface area contributed by atoms with Gasteiger partial charge in [0.05, 0.1) is 28.9 Å². The maximum atomic E-state index is 13.2. The van der Waals surface area contributed by atoms with Gasteiger partial charge in [0, 0.05) is 11.4 Å². The third kappa shape index (κ3) is 5.08. The molecule has 0 saturated carbocycles.